The second kappa shape index (κ2) is 5.97. The first-order valence-electron chi connectivity index (χ1n) is 6.18. The monoisotopic (exact) mass is 306 g/mol. The highest BCUT2D eigenvalue weighted by Crippen LogP contribution is 2.19. The summed E-state index contributed by atoms with van der Waals surface area (Å²) >= 11 is 0. The summed E-state index contributed by atoms with van der Waals surface area (Å²) in [6.45, 7) is 0. The molecule has 0 saturated carbocycles. The van der Waals surface area contributed by atoms with Gasteiger partial charge in [-0.15, -0.1) is 0 Å². The Morgan fingerprint density at radius 1 is 1.00 bits per heavy atom. The zero-order valence-corrected chi connectivity index (χ0v) is 11.9. The van der Waals surface area contributed by atoms with E-state index in [1.54, 1.807) is 12.1 Å². The summed E-state index contributed by atoms with van der Waals surface area (Å²) in [4.78, 5) is 10.7. The van der Waals surface area contributed by atoms with Gasteiger partial charge < -0.3 is 10.2 Å². The van der Waals surface area contributed by atoms with Gasteiger partial charge in [0, 0.05) is 0 Å². The van der Waals surface area contributed by atoms with Gasteiger partial charge in [0.15, 0.2) is 9.84 Å². The maximum atomic E-state index is 12.2. The van der Waals surface area contributed by atoms with Crippen LogP contribution in [0.2, 0.25) is 0 Å². The molecule has 110 valence electrons. The number of hydrogen-bond acceptors (Lipinski definition) is 4. The molecule has 0 saturated heterocycles. The van der Waals surface area contributed by atoms with Crippen molar-refractivity contribution in [3.05, 3.63) is 59.7 Å². The second-order valence-corrected chi connectivity index (χ2v) is 6.63. The molecule has 0 bridgehead atoms. The van der Waals surface area contributed by atoms with E-state index < -0.39 is 15.8 Å². The van der Waals surface area contributed by atoms with E-state index in [4.69, 9.17) is 5.11 Å². The Morgan fingerprint density at radius 3 is 2.24 bits per heavy atom. The van der Waals surface area contributed by atoms with Gasteiger partial charge in [-0.05, 0) is 35.4 Å². The molecule has 0 atom stereocenters. The van der Waals surface area contributed by atoms with Crippen LogP contribution in [0.15, 0.2) is 53.4 Å². The summed E-state index contributed by atoms with van der Waals surface area (Å²) in [5, 5.41) is 18.0. The van der Waals surface area contributed by atoms with Gasteiger partial charge in [-0.25, -0.2) is 8.42 Å². The standard InChI is InChI=1S/C15H14O5S/c16-13-3-1-2-12(8-13)10-21(19,20)14-6-4-11(5-7-14)9-15(17)18/h1-8,16H,9-10H2,(H,17,18). The molecule has 2 aromatic rings. The van der Waals surface area contributed by atoms with Crippen LogP contribution in [0.5, 0.6) is 5.75 Å². The molecular weight excluding hydrogens is 292 g/mol. The Hall–Kier alpha value is -2.34. The highest BCUT2D eigenvalue weighted by atomic mass is 32.2. The average molecular weight is 306 g/mol. The minimum atomic E-state index is -3.53. The summed E-state index contributed by atoms with van der Waals surface area (Å²) in [6, 6.07) is 11.8. The number of phenolic OH excluding ortho intramolecular Hbond substituents is 1. The zero-order valence-electron chi connectivity index (χ0n) is 11.1. The van der Waals surface area contributed by atoms with Crippen LogP contribution in [0, 0.1) is 0 Å². The molecule has 2 aromatic carbocycles. The molecule has 21 heavy (non-hydrogen) atoms. The largest absolute Gasteiger partial charge is 0.508 e. The van der Waals surface area contributed by atoms with Gasteiger partial charge >= 0.3 is 5.97 Å². The van der Waals surface area contributed by atoms with Crippen molar-refractivity contribution in [2.75, 3.05) is 0 Å². The van der Waals surface area contributed by atoms with E-state index in [-0.39, 0.29) is 22.8 Å². The fourth-order valence-corrected chi connectivity index (χ4v) is 3.27. The van der Waals surface area contributed by atoms with Crippen molar-refractivity contribution in [1.82, 2.24) is 0 Å². The molecule has 0 unspecified atom stereocenters. The van der Waals surface area contributed by atoms with Crippen molar-refractivity contribution >= 4 is 15.8 Å². The third kappa shape index (κ3) is 4.06. The molecule has 0 fully saturated rings. The van der Waals surface area contributed by atoms with E-state index in [1.807, 2.05) is 0 Å². The Labute approximate surface area is 122 Å². The van der Waals surface area contributed by atoms with E-state index >= 15 is 0 Å². The van der Waals surface area contributed by atoms with Crippen LogP contribution in [-0.2, 0) is 26.8 Å². The molecule has 5 nitrogen and oxygen atoms in total. The summed E-state index contributed by atoms with van der Waals surface area (Å²) < 4.78 is 24.5. The quantitative estimate of drug-likeness (QED) is 0.881. The highest BCUT2D eigenvalue weighted by molar-refractivity contribution is 7.90. The van der Waals surface area contributed by atoms with E-state index in [1.165, 1.54) is 36.4 Å². The lowest BCUT2D eigenvalue weighted by molar-refractivity contribution is -0.136. The number of carbonyl (C=O) groups is 1. The third-order valence-electron chi connectivity index (χ3n) is 2.91. The van der Waals surface area contributed by atoms with Crippen LogP contribution in [-0.4, -0.2) is 24.6 Å². The van der Waals surface area contributed by atoms with Crippen LogP contribution in [0.25, 0.3) is 0 Å². The molecule has 0 aliphatic rings. The van der Waals surface area contributed by atoms with Crippen molar-refractivity contribution in [1.29, 1.82) is 0 Å². The molecule has 0 aliphatic heterocycles. The van der Waals surface area contributed by atoms with Crippen molar-refractivity contribution in [3.63, 3.8) is 0 Å². The van der Waals surface area contributed by atoms with Crippen molar-refractivity contribution in [2.24, 2.45) is 0 Å². The number of aliphatic carboxylic acids is 1. The third-order valence-corrected chi connectivity index (χ3v) is 4.61. The van der Waals surface area contributed by atoms with Gasteiger partial charge in [0.25, 0.3) is 0 Å². The van der Waals surface area contributed by atoms with Gasteiger partial charge in [0.05, 0.1) is 17.1 Å². The Kier molecular flexibility index (Phi) is 4.28. The van der Waals surface area contributed by atoms with E-state index in [0.717, 1.165) is 0 Å². The van der Waals surface area contributed by atoms with E-state index in [2.05, 4.69) is 0 Å². The maximum absolute atomic E-state index is 12.2. The van der Waals surface area contributed by atoms with E-state index in [0.29, 0.717) is 11.1 Å². The molecule has 0 spiro atoms. The normalized spacial score (nSPS) is 11.2. The molecule has 0 radical (unpaired) electrons. The Balaban J connectivity index is 2.21. The SMILES string of the molecule is O=C(O)Cc1ccc(S(=O)(=O)Cc2cccc(O)c2)cc1. The Bertz CT molecular complexity index is 748. The minimum absolute atomic E-state index is 0.0134. The van der Waals surface area contributed by atoms with Gasteiger partial charge in [-0.3, -0.25) is 4.79 Å². The summed E-state index contributed by atoms with van der Waals surface area (Å²) in [5.41, 5.74) is 1.03. The number of sulfone groups is 1. The molecule has 0 amide bonds. The van der Waals surface area contributed by atoms with Crippen LogP contribution < -0.4 is 0 Å². The molecule has 2 rings (SSSR count). The van der Waals surface area contributed by atoms with Gasteiger partial charge in [0.2, 0.25) is 0 Å². The number of carboxylic acids is 1. The topological polar surface area (TPSA) is 91.7 Å². The van der Waals surface area contributed by atoms with Gasteiger partial charge in [-0.1, -0.05) is 24.3 Å². The fourth-order valence-electron chi connectivity index (χ4n) is 1.94. The van der Waals surface area contributed by atoms with Gasteiger partial charge in [-0.2, -0.15) is 0 Å². The second-order valence-electron chi connectivity index (χ2n) is 4.64. The lowest BCUT2D eigenvalue weighted by Crippen LogP contribution is -2.06. The molecule has 2 N–H and O–H groups in total. The molecule has 0 heterocycles. The first kappa shape index (κ1) is 15.1. The van der Waals surface area contributed by atoms with E-state index in [9.17, 15) is 18.3 Å². The first-order valence-corrected chi connectivity index (χ1v) is 7.83. The lowest BCUT2D eigenvalue weighted by Gasteiger charge is -2.06. The fraction of sp³-hybridized carbons (Fsp3) is 0.133. The van der Waals surface area contributed by atoms with Crippen molar-refractivity contribution < 1.29 is 23.4 Å². The number of aromatic hydroxyl groups is 1. The number of phenols is 1. The average Bonchev–Trinajstić information content (AvgIpc) is 2.38. The summed E-state index contributed by atoms with van der Waals surface area (Å²) in [5.74, 6) is -1.18. The number of benzene rings is 2. The van der Waals surface area contributed by atoms with Crippen molar-refractivity contribution in [3.8, 4) is 5.75 Å². The highest BCUT2D eigenvalue weighted by Gasteiger charge is 2.15. The number of carboxylic acid groups (broad SMARTS) is 1. The minimum Gasteiger partial charge on any atom is -0.508 e. The zero-order chi connectivity index (χ0) is 15.5. The number of rotatable bonds is 5. The predicted molar refractivity (Wildman–Crippen MR) is 76.8 cm³/mol. The van der Waals surface area contributed by atoms with Crippen LogP contribution >= 0.6 is 0 Å². The molecular formula is C15H14O5S. The van der Waals surface area contributed by atoms with Crippen LogP contribution in [0.3, 0.4) is 0 Å². The van der Waals surface area contributed by atoms with Crippen LogP contribution in [0.4, 0.5) is 0 Å². The van der Waals surface area contributed by atoms with Crippen molar-refractivity contribution in [2.45, 2.75) is 17.1 Å². The predicted octanol–water partition coefficient (Wildman–Crippen LogP) is 1.99. The molecule has 0 aliphatic carbocycles. The first-order chi connectivity index (χ1) is 9.87. The summed E-state index contributed by atoms with van der Waals surface area (Å²) in [7, 11) is -3.53. The summed E-state index contributed by atoms with van der Waals surface area (Å²) in [6.07, 6.45) is -0.146. The van der Waals surface area contributed by atoms with Gasteiger partial charge in [0.1, 0.15) is 5.75 Å². The Morgan fingerprint density at radius 2 is 1.67 bits per heavy atom. The van der Waals surface area contributed by atoms with Crippen LogP contribution in [0.1, 0.15) is 11.1 Å². The molecule has 0 aromatic heterocycles. The molecule has 6 heteroatoms. The smallest absolute Gasteiger partial charge is 0.307 e. The lowest BCUT2D eigenvalue weighted by atomic mass is 10.2. The number of hydrogen-bond donors (Lipinski definition) is 2. The maximum Gasteiger partial charge on any atom is 0.307 e.